The molecule has 0 saturated carbocycles. The molecule has 2 aliphatic rings. The number of piperazine rings is 1. The van der Waals surface area contributed by atoms with Crippen LogP contribution in [0.5, 0.6) is 0 Å². The first-order valence-corrected chi connectivity index (χ1v) is 15.2. The van der Waals surface area contributed by atoms with Crippen molar-refractivity contribution in [2.24, 2.45) is 0 Å². The average molecular weight is 602 g/mol. The Balaban J connectivity index is 1.56. The normalized spacial score (nSPS) is 17.2. The van der Waals surface area contributed by atoms with Gasteiger partial charge >= 0.3 is 0 Å². The van der Waals surface area contributed by atoms with Crippen LogP contribution in [-0.2, 0) is 11.3 Å². The topological polar surface area (TPSA) is 72.6 Å². The van der Waals surface area contributed by atoms with Crippen LogP contribution in [0.2, 0.25) is 0 Å². The van der Waals surface area contributed by atoms with Crippen LogP contribution < -0.4 is 15.4 Å². The molecule has 42 heavy (non-hydrogen) atoms. The smallest absolute Gasteiger partial charge is 0.270 e. The third-order valence-electron chi connectivity index (χ3n) is 7.83. The van der Waals surface area contributed by atoms with Crippen LogP contribution in [0.25, 0.3) is 6.08 Å². The monoisotopic (exact) mass is 601 g/mol. The molecule has 10 heteroatoms. The number of thiocarbonyl (C=S) groups is 1. The second-order valence-corrected chi connectivity index (χ2v) is 12.0. The first-order chi connectivity index (χ1) is 20.3. The number of carbonyl (C=O) groups excluding carboxylic acids is 1. The third-order valence-corrected chi connectivity index (χ3v) is 9.16. The summed E-state index contributed by atoms with van der Waals surface area (Å²) in [7, 11) is 0. The summed E-state index contributed by atoms with van der Waals surface area (Å²) in [5.41, 5.74) is 2.44. The van der Waals surface area contributed by atoms with Crippen molar-refractivity contribution < 1.29 is 9.18 Å². The van der Waals surface area contributed by atoms with E-state index in [9.17, 15) is 19.2 Å². The first-order valence-electron chi connectivity index (χ1n) is 14.0. The lowest BCUT2D eigenvalue weighted by molar-refractivity contribution is -0.123. The second kappa shape index (κ2) is 12.5. The fourth-order valence-corrected chi connectivity index (χ4v) is 7.01. The number of halogens is 1. The Bertz CT molecular complexity index is 1660. The van der Waals surface area contributed by atoms with E-state index in [1.54, 1.807) is 34.6 Å². The van der Waals surface area contributed by atoms with Crippen LogP contribution in [-0.4, -0.2) is 45.9 Å². The molecule has 1 unspecified atom stereocenters. The molecule has 0 bridgehead atoms. The number of benzene rings is 2. The SMILES string of the molecule is CCCn1c(N2CCN(c3ccccc3F)CC2)c(C=C2SC(=S)N(C(C)c3ccccc3)C2=O)c(C)c(C#N)c1=O. The van der Waals surface area contributed by atoms with E-state index in [0.717, 1.165) is 5.56 Å². The van der Waals surface area contributed by atoms with E-state index in [4.69, 9.17) is 12.2 Å². The molecular weight excluding hydrogens is 570 g/mol. The van der Waals surface area contributed by atoms with E-state index in [-0.39, 0.29) is 28.9 Å². The van der Waals surface area contributed by atoms with Gasteiger partial charge in [-0.15, -0.1) is 0 Å². The van der Waals surface area contributed by atoms with Gasteiger partial charge in [0.2, 0.25) is 0 Å². The summed E-state index contributed by atoms with van der Waals surface area (Å²) in [6.45, 7) is 8.29. The maximum absolute atomic E-state index is 14.5. The van der Waals surface area contributed by atoms with E-state index < -0.39 is 0 Å². The molecule has 3 heterocycles. The zero-order valence-corrected chi connectivity index (χ0v) is 25.5. The van der Waals surface area contributed by atoms with Gasteiger partial charge in [0.1, 0.15) is 27.6 Å². The molecule has 0 radical (unpaired) electrons. The largest absolute Gasteiger partial charge is 0.366 e. The molecule has 1 aromatic heterocycles. The fourth-order valence-electron chi connectivity index (χ4n) is 5.61. The summed E-state index contributed by atoms with van der Waals surface area (Å²) >= 11 is 6.89. The number of rotatable bonds is 7. The molecule has 216 valence electrons. The Labute approximate surface area is 254 Å². The number of para-hydroxylation sites is 1. The van der Waals surface area contributed by atoms with Crippen molar-refractivity contribution in [1.29, 1.82) is 5.26 Å². The van der Waals surface area contributed by atoms with Crippen molar-refractivity contribution in [3.05, 3.63) is 97.9 Å². The minimum atomic E-state index is -0.342. The highest BCUT2D eigenvalue weighted by Gasteiger charge is 2.37. The standard InChI is InChI=1S/C32H32FN5O2S2/c1-4-14-37-29(36-17-15-35(16-18-36)27-13-9-8-12-26(27)33)24(21(2)25(20-34)30(37)39)19-28-31(40)38(32(41)42-28)22(3)23-10-6-5-7-11-23/h5-13,19,22H,4,14-18H2,1-3H3. The number of pyridine rings is 1. The van der Waals surface area contributed by atoms with Crippen molar-refractivity contribution in [3.63, 3.8) is 0 Å². The summed E-state index contributed by atoms with van der Waals surface area (Å²) in [5.74, 6) is 0.200. The van der Waals surface area contributed by atoms with Gasteiger partial charge in [-0.1, -0.05) is 73.4 Å². The minimum absolute atomic E-state index is 0.0663. The highest BCUT2D eigenvalue weighted by molar-refractivity contribution is 8.26. The molecule has 5 rings (SSSR count). The number of amides is 1. The third kappa shape index (κ3) is 5.46. The van der Waals surface area contributed by atoms with Crippen LogP contribution in [0.3, 0.4) is 0 Å². The lowest BCUT2D eigenvalue weighted by Crippen LogP contribution is -2.49. The molecule has 0 spiro atoms. The maximum atomic E-state index is 14.5. The van der Waals surface area contributed by atoms with E-state index in [0.29, 0.717) is 71.0 Å². The fraction of sp³-hybridized carbons (Fsp3) is 0.312. The Kier molecular flexibility index (Phi) is 8.80. The molecule has 3 aromatic rings. The van der Waals surface area contributed by atoms with Gasteiger partial charge in [-0.05, 0) is 49.6 Å². The highest BCUT2D eigenvalue weighted by Crippen LogP contribution is 2.40. The molecule has 0 N–H and O–H groups in total. The highest BCUT2D eigenvalue weighted by atomic mass is 32.2. The molecule has 7 nitrogen and oxygen atoms in total. The van der Waals surface area contributed by atoms with Crippen LogP contribution >= 0.6 is 24.0 Å². The van der Waals surface area contributed by atoms with Gasteiger partial charge in [0.05, 0.1) is 16.6 Å². The van der Waals surface area contributed by atoms with E-state index in [1.807, 2.05) is 55.1 Å². The van der Waals surface area contributed by atoms with Gasteiger partial charge in [-0.2, -0.15) is 5.26 Å². The minimum Gasteiger partial charge on any atom is -0.366 e. The van der Waals surface area contributed by atoms with Gasteiger partial charge in [0.15, 0.2) is 0 Å². The van der Waals surface area contributed by atoms with Crippen LogP contribution in [0.1, 0.15) is 48.6 Å². The summed E-state index contributed by atoms with van der Waals surface area (Å²) in [6.07, 6.45) is 2.48. The molecule has 2 aromatic carbocycles. The van der Waals surface area contributed by atoms with Gasteiger partial charge in [0.25, 0.3) is 11.5 Å². The van der Waals surface area contributed by atoms with E-state index >= 15 is 0 Å². The predicted molar refractivity (Wildman–Crippen MR) is 171 cm³/mol. The van der Waals surface area contributed by atoms with Crippen LogP contribution in [0.4, 0.5) is 15.9 Å². The molecule has 0 aliphatic carbocycles. The molecule has 1 atom stereocenters. The molecular formula is C32H32FN5O2S2. The zero-order chi connectivity index (χ0) is 30.0. The number of aromatic nitrogens is 1. The van der Waals surface area contributed by atoms with Crippen molar-refractivity contribution in [3.8, 4) is 6.07 Å². The van der Waals surface area contributed by atoms with Crippen molar-refractivity contribution >= 4 is 51.8 Å². The van der Waals surface area contributed by atoms with Gasteiger partial charge in [-0.25, -0.2) is 4.39 Å². The van der Waals surface area contributed by atoms with Gasteiger partial charge in [0, 0.05) is 38.3 Å². The first kappa shape index (κ1) is 29.5. The van der Waals surface area contributed by atoms with Crippen LogP contribution in [0.15, 0.2) is 64.3 Å². The van der Waals surface area contributed by atoms with E-state index in [1.165, 1.54) is 17.8 Å². The summed E-state index contributed by atoms with van der Waals surface area (Å²) in [6, 6.07) is 18.3. The Hall–Kier alpha value is -3.94. The number of hydrogen-bond acceptors (Lipinski definition) is 7. The lowest BCUT2D eigenvalue weighted by Gasteiger charge is -2.39. The molecule has 2 aliphatic heterocycles. The molecule has 1 amide bonds. The van der Waals surface area contributed by atoms with Crippen molar-refractivity contribution in [1.82, 2.24) is 9.47 Å². The molecule has 2 saturated heterocycles. The quantitative estimate of drug-likeness (QED) is 0.248. The number of nitrogens with zero attached hydrogens (tertiary/aromatic N) is 5. The van der Waals surface area contributed by atoms with E-state index in [2.05, 4.69) is 11.0 Å². The Morgan fingerprint density at radius 2 is 1.69 bits per heavy atom. The average Bonchev–Trinajstić information content (AvgIpc) is 3.28. The van der Waals surface area contributed by atoms with Crippen LogP contribution in [0, 0.1) is 24.1 Å². The second-order valence-electron chi connectivity index (χ2n) is 10.4. The van der Waals surface area contributed by atoms with Crippen molar-refractivity contribution in [2.45, 2.75) is 39.8 Å². The summed E-state index contributed by atoms with van der Waals surface area (Å²) in [4.78, 5) is 33.5. The number of nitriles is 1. The Morgan fingerprint density at radius 1 is 1.05 bits per heavy atom. The Morgan fingerprint density at radius 3 is 2.33 bits per heavy atom. The summed E-state index contributed by atoms with van der Waals surface area (Å²) < 4.78 is 16.6. The summed E-state index contributed by atoms with van der Waals surface area (Å²) in [5, 5.41) is 9.96. The van der Waals surface area contributed by atoms with Gasteiger partial charge < -0.3 is 9.80 Å². The number of carbonyl (C=O) groups is 1. The zero-order valence-electron chi connectivity index (χ0n) is 23.8. The number of hydrogen-bond donors (Lipinski definition) is 0. The lowest BCUT2D eigenvalue weighted by atomic mass is 10.0. The number of thioether (sulfide) groups is 1. The van der Waals surface area contributed by atoms with Crippen molar-refractivity contribution in [2.75, 3.05) is 36.0 Å². The molecule has 2 fully saturated rings. The maximum Gasteiger partial charge on any atom is 0.270 e. The number of anilines is 2. The predicted octanol–water partition coefficient (Wildman–Crippen LogP) is 5.87. The van der Waals surface area contributed by atoms with Gasteiger partial charge in [-0.3, -0.25) is 19.1 Å².